The molecule has 1 saturated heterocycles. The van der Waals surface area contributed by atoms with Crippen molar-refractivity contribution in [1.82, 2.24) is 10.2 Å². The third kappa shape index (κ3) is 2.26. The first-order valence-corrected chi connectivity index (χ1v) is 7.70. The molecule has 2 aliphatic carbocycles. The minimum atomic E-state index is -0.544. The minimum Gasteiger partial charge on any atom is -0.340 e. The van der Waals surface area contributed by atoms with Gasteiger partial charge in [-0.3, -0.25) is 9.59 Å². The molecule has 3 aliphatic rings. The molecule has 0 radical (unpaired) electrons. The van der Waals surface area contributed by atoms with Crippen molar-refractivity contribution in [2.75, 3.05) is 13.1 Å². The van der Waals surface area contributed by atoms with E-state index >= 15 is 0 Å². The maximum atomic E-state index is 12.7. The molecule has 1 spiro atoms. The highest BCUT2D eigenvalue weighted by atomic mass is 16.2. The predicted octanol–water partition coefficient (Wildman–Crippen LogP) is 1.84. The molecule has 1 N–H and O–H groups in total. The lowest BCUT2D eigenvalue weighted by atomic mass is 9.91. The van der Waals surface area contributed by atoms with Crippen molar-refractivity contribution in [2.45, 2.75) is 63.8 Å². The number of piperazine rings is 1. The smallest absolute Gasteiger partial charge is 0.248 e. The van der Waals surface area contributed by atoms with Crippen molar-refractivity contribution in [3.8, 4) is 0 Å². The van der Waals surface area contributed by atoms with E-state index in [1.54, 1.807) is 0 Å². The predicted molar refractivity (Wildman–Crippen MR) is 72.5 cm³/mol. The van der Waals surface area contributed by atoms with E-state index in [0.717, 1.165) is 32.2 Å². The normalized spacial score (nSPS) is 27.7. The summed E-state index contributed by atoms with van der Waals surface area (Å²) in [5, 5.41) is 2.98. The Kier molecular flexibility index (Phi) is 3.06. The maximum absolute atomic E-state index is 12.7. The Balaban J connectivity index is 1.74. The van der Waals surface area contributed by atoms with E-state index in [0.29, 0.717) is 5.41 Å². The maximum Gasteiger partial charge on any atom is 0.248 e. The molecular formula is C15H24N2O2. The van der Waals surface area contributed by atoms with Crippen LogP contribution in [0.2, 0.25) is 0 Å². The molecular weight excluding hydrogens is 240 g/mol. The zero-order valence-corrected chi connectivity index (χ0v) is 11.8. The molecule has 2 amide bonds. The fourth-order valence-corrected chi connectivity index (χ4v) is 3.95. The third-order valence-electron chi connectivity index (χ3n) is 5.13. The monoisotopic (exact) mass is 264 g/mol. The summed E-state index contributed by atoms with van der Waals surface area (Å²) >= 11 is 0. The minimum absolute atomic E-state index is 0.0359. The highest BCUT2D eigenvalue weighted by Crippen LogP contribution is 2.50. The number of carbonyl (C=O) groups is 2. The molecule has 1 aliphatic heterocycles. The van der Waals surface area contributed by atoms with Gasteiger partial charge in [0.1, 0.15) is 5.54 Å². The number of hydrogen-bond donors (Lipinski definition) is 1. The van der Waals surface area contributed by atoms with Gasteiger partial charge in [-0.25, -0.2) is 0 Å². The van der Waals surface area contributed by atoms with E-state index in [1.807, 2.05) is 4.90 Å². The highest BCUT2D eigenvalue weighted by Gasteiger charge is 2.51. The molecule has 0 bridgehead atoms. The molecule has 19 heavy (non-hydrogen) atoms. The van der Waals surface area contributed by atoms with Crippen molar-refractivity contribution in [1.29, 1.82) is 0 Å². The number of amides is 2. The van der Waals surface area contributed by atoms with Crippen LogP contribution >= 0.6 is 0 Å². The largest absolute Gasteiger partial charge is 0.340 e. The molecule has 106 valence electrons. The number of rotatable bonds is 4. The molecule has 4 nitrogen and oxygen atoms in total. The first kappa shape index (κ1) is 12.9. The van der Waals surface area contributed by atoms with Crippen LogP contribution in [0.4, 0.5) is 0 Å². The summed E-state index contributed by atoms with van der Waals surface area (Å²) in [5.74, 6) is 0.223. The van der Waals surface area contributed by atoms with Crippen LogP contribution in [0.1, 0.15) is 58.3 Å². The van der Waals surface area contributed by atoms with Crippen LogP contribution in [0.5, 0.6) is 0 Å². The fraction of sp³-hybridized carbons (Fsp3) is 0.867. The average Bonchev–Trinajstić information content (AvgIpc) is 2.95. The Morgan fingerprint density at radius 3 is 2.42 bits per heavy atom. The molecule has 1 heterocycles. The first-order chi connectivity index (χ1) is 9.09. The van der Waals surface area contributed by atoms with E-state index < -0.39 is 5.54 Å². The van der Waals surface area contributed by atoms with Gasteiger partial charge < -0.3 is 10.2 Å². The highest BCUT2D eigenvalue weighted by molar-refractivity contribution is 5.98. The van der Waals surface area contributed by atoms with Gasteiger partial charge in [0.25, 0.3) is 0 Å². The summed E-state index contributed by atoms with van der Waals surface area (Å²) in [4.78, 5) is 26.5. The van der Waals surface area contributed by atoms with Crippen molar-refractivity contribution in [2.24, 2.45) is 5.41 Å². The van der Waals surface area contributed by atoms with Gasteiger partial charge >= 0.3 is 0 Å². The lowest BCUT2D eigenvalue weighted by Crippen LogP contribution is -2.66. The van der Waals surface area contributed by atoms with E-state index in [1.165, 1.54) is 25.7 Å². The zero-order valence-electron chi connectivity index (χ0n) is 11.8. The van der Waals surface area contributed by atoms with Gasteiger partial charge in [-0.1, -0.05) is 26.2 Å². The summed E-state index contributed by atoms with van der Waals surface area (Å²) < 4.78 is 0. The molecule has 0 aromatic heterocycles. The van der Waals surface area contributed by atoms with Crippen LogP contribution in [0.15, 0.2) is 0 Å². The van der Waals surface area contributed by atoms with Gasteiger partial charge in [0.05, 0.1) is 6.54 Å². The number of carbonyl (C=O) groups excluding carboxylic acids is 2. The van der Waals surface area contributed by atoms with Gasteiger partial charge in [0.15, 0.2) is 0 Å². The molecule has 0 aromatic carbocycles. The van der Waals surface area contributed by atoms with Gasteiger partial charge in [-0.05, 0) is 37.5 Å². The van der Waals surface area contributed by atoms with Crippen LogP contribution in [0, 0.1) is 5.41 Å². The van der Waals surface area contributed by atoms with Crippen LogP contribution < -0.4 is 5.32 Å². The van der Waals surface area contributed by atoms with Crippen LogP contribution in [0.3, 0.4) is 0 Å². The number of nitrogens with one attached hydrogen (secondary N) is 1. The molecule has 4 heteroatoms. The average molecular weight is 264 g/mol. The standard InChI is InChI=1S/C15H24N2O2/c1-2-5-14(8-9-14)11-17-10-12(18)16-15(13(17)19)6-3-4-7-15/h2-11H2,1H3,(H,16,18). The first-order valence-electron chi connectivity index (χ1n) is 7.70. The second-order valence-electron chi connectivity index (χ2n) is 6.75. The van der Waals surface area contributed by atoms with E-state index in [9.17, 15) is 9.59 Å². The number of hydrogen-bond acceptors (Lipinski definition) is 2. The van der Waals surface area contributed by atoms with Crippen molar-refractivity contribution in [3.63, 3.8) is 0 Å². The summed E-state index contributed by atoms with van der Waals surface area (Å²) in [6.45, 7) is 3.27. The molecule has 0 aromatic rings. The summed E-state index contributed by atoms with van der Waals surface area (Å²) in [5.41, 5.74) is -0.209. The van der Waals surface area contributed by atoms with Crippen molar-refractivity contribution < 1.29 is 9.59 Å². The van der Waals surface area contributed by atoms with Crippen LogP contribution in [-0.2, 0) is 9.59 Å². The Labute approximate surface area is 114 Å². The Hall–Kier alpha value is -1.06. The van der Waals surface area contributed by atoms with Gasteiger partial charge in [-0.15, -0.1) is 0 Å². The zero-order chi connectivity index (χ0) is 13.5. The Morgan fingerprint density at radius 1 is 1.16 bits per heavy atom. The van der Waals surface area contributed by atoms with E-state index in [-0.39, 0.29) is 18.4 Å². The van der Waals surface area contributed by atoms with Crippen LogP contribution in [0.25, 0.3) is 0 Å². The Bertz CT molecular complexity index is 395. The summed E-state index contributed by atoms with van der Waals surface area (Å²) in [6, 6.07) is 0. The molecule has 2 saturated carbocycles. The van der Waals surface area contributed by atoms with Crippen molar-refractivity contribution in [3.05, 3.63) is 0 Å². The van der Waals surface area contributed by atoms with Crippen molar-refractivity contribution >= 4 is 11.8 Å². The van der Waals surface area contributed by atoms with E-state index in [2.05, 4.69) is 12.2 Å². The second-order valence-corrected chi connectivity index (χ2v) is 6.75. The molecule has 0 atom stereocenters. The summed E-state index contributed by atoms with van der Waals surface area (Å²) in [7, 11) is 0. The SMILES string of the molecule is CCCC1(CN2CC(=O)NC3(CCCC3)C2=O)CC1. The Morgan fingerprint density at radius 2 is 1.84 bits per heavy atom. The van der Waals surface area contributed by atoms with E-state index in [4.69, 9.17) is 0 Å². The lowest BCUT2D eigenvalue weighted by molar-refractivity contribution is -0.150. The van der Waals surface area contributed by atoms with Gasteiger partial charge in [-0.2, -0.15) is 0 Å². The summed E-state index contributed by atoms with van der Waals surface area (Å²) in [6.07, 6.45) is 8.56. The second kappa shape index (κ2) is 4.50. The molecule has 3 rings (SSSR count). The van der Waals surface area contributed by atoms with Gasteiger partial charge in [0, 0.05) is 6.54 Å². The molecule has 0 unspecified atom stereocenters. The van der Waals surface area contributed by atoms with Crippen LogP contribution in [-0.4, -0.2) is 35.3 Å². The number of nitrogens with zero attached hydrogens (tertiary/aromatic N) is 1. The fourth-order valence-electron chi connectivity index (χ4n) is 3.95. The quantitative estimate of drug-likeness (QED) is 0.842. The molecule has 3 fully saturated rings. The lowest BCUT2D eigenvalue weighted by Gasteiger charge is -2.41. The topological polar surface area (TPSA) is 49.4 Å². The third-order valence-corrected chi connectivity index (χ3v) is 5.13. The van der Waals surface area contributed by atoms with Gasteiger partial charge in [0.2, 0.25) is 11.8 Å².